The Morgan fingerprint density at radius 2 is 1.68 bits per heavy atom. The molecule has 132 valence electrons. The van der Waals surface area contributed by atoms with Gasteiger partial charge in [-0.05, 0) is 37.7 Å². The number of carbonyl (C=O) groups excluding carboxylic acids is 2. The number of rotatable bonds is 7. The number of benzene rings is 1. The molecule has 0 saturated carbocycles. The quantitative estimate of drug-likeness (QED) is 0.702. The van der Waals surface area contributed by atoms with E-state index < -0.39 is 11.8 Å². The molecule has 0 fully saturated rings. The molecule has 0 aliphatic heterocycles. The van der Waals surface area contributed by atoms with E-state index in [0.29, 0.717) is 17.3 Å². The van der Waals surface area contributed by atoms with E-state index in [1.165, 1.54) is 12.4 Å². The van der Waals surface area contributed by atoms with Crippen LogP contribution in [0.3, 0.4) is 0 Å². The summed E-state index contributed by atoms with van der Waals surface area (Å²) in [6.07, 6.45) is 2.75. The predicted molar refractivity (Wildman–Crippen MR) is 96.9 cm³/mol. The number of aromatic nitrogens is 2. The number of nitrogens with one attached hydrogen (secondary N) is 3. The molecule has 1 heterocycles. The van der Waals surface area contributed by atoms with Crippen LogP contribution in [0.5, 0.6) is 0 Å². The smallest absolute Gasteiger partial charge is 0.276 e. The maximum absolute atomic E-state index is 12.4. The lowest BCUT2D eigenvalue weighted by atomic mass is 10.2. The normalized spacial score (nSPS) is 11.6. The van der Waals surface area contributed by atoms with Crippen LogP contribution in [0, 0.1) is 0 Å². The van der Waals surface area contributed by atoms with Gasteiger partial charge in [0.15, 0.2) is 11.4 Å². The Bertz CT molecular complexity index is 736. The lowest BCUT2D eigenvalue weighted by Crippen LogP contribution is -2.39. The summed E-state index contributed by atoms with van der Waals surface area (Å²) in [6.45, 7) is 5.16. The Morgan fingerprint density at radius 3 is 2.28 bits per heavy atom. The van der Waals surface area contributed by atoms with Crippen molar-refractivity contribution in [3.05, 3.63) is 53.1 Å². The number of carbonyl (C=O) groups is 2. The van der Waals surface area contributed by atoms with Gasteiger partial charge in [0, 0.05) is 35.7 Å². The van der Waals surface area contributed by atoms with Gasteiger partial charge in [-0.15, -0.1) is 0 Å². The third-order valence-corrected chi connectivity index (χ3v) is 3.60. The molecule has 0 bridgehead atoms. The third-order valence-electron chi connectivity index (χ3n) is 3.35. The zero-order chi connectivity index (χ0) is 18.2. The van der Waals surface area contributed by atoms with Gasteiger partial charge in [0.2, 0.25) is 0 Å². The number of hydrogen-bond acceptors (Lipinski definition) is 5. The lowest BCUT2D eigenvalue weighted by molar-refractivity contribution is 0.0930. The highest BCUT2D eigenvalue weighted by molar-refractivity contribution is 6.30. The summed E-state index contributed by atoms with van der Waals surface area (Å²) in [7, 11) is 0. The van der Waals surface area contributed by atoms with Gasteiger partial charge < -0.3 is 16.0 Å². The summed E-state index contributed by atoms with van der Waals surface area (Å²) in [5.74, 6) is -0.959. The zero-order valence-corrected chi connectivity index (χ0v) is 14.8. The second-order valence-electron chi connectivity index (χ2n) is 5.38. The predicted octanol–water partition coefficient (Wildman–Crippen LogP) is 2.11. The molecule has 2 amide bonds. The number of halogens is 1. The van der Waals surface area contributed by atoms with E-state index in [1.54, 1.807) is 24.3 Å². The molecule has 3 N–H and O–H groups in total. The summed E-state index contributed by atoms with van der Waals surface area (Å²) < 4.78 is 0. The minimum atomic E-state index is -0.514. The molecule has 1 aromatic heterocycles. The first-order valence-corrected chi connectivity index (χ1v) is 8.28. The number of anilines is 1. The molecular formula is C17H20ClN5O2. The molecular weight excluding hydrogens is 342 g/mol. The van der Waals surface area contributed by atoms with Gasteiger partial charge in [0.1, 0.15) is 0 Å². The molecule has 0 aliphatic carbocycles. The van der Waals surface area contributed by atoms with Crippen LogP contribution < -0.4 is 16.0 Å². The van der Waals surface area contributed by atoms with E-state index in [4.69, 9.17) is 11.6 Å². The first kappa shape index (κ1) is 18.8. The van der Waals surface area contributed by atoms with Crippen molar-refractivity contribution < 1.29 is 9.59 Å². The molecule has 0 aliphatic rings. The van der Waals surface area contributed by atoms with Crippen LogP contribution in [0.2, 0.25) is 5.02 Å². The highest BCUT2D eigenvalue weighted by atomic mass is 35.5. The van der Waals surface area contributed by atoms with E-state index >= 15 is 0 Å². The van der Waals surface area contributed by atoms with Crippen LogP contribution in [0.25, 0.3) is 0 Å². The van der Waals surface area contributed by atoms with Crippen molar-refractivity contribution in [2.45, 2.75) is 19.9 Å². The third kappa shape index (κ3) is 5.51. The van der Waals surface area contributed by atoms with Crippen molar-refractivity contribution in [3.8, 4) is 0 Å². The van der Waals surface area contributed by atoms with Crippen LogP contribution in [-0.4, -0.2) is 40.9 Å². The van der Waals surface area contributed by atoms with Gasteiger partial charge in [0.05, 0.1) is 0 Å². The summed E-state index contributed by atoms with van der Waals surface area (Å²) >= 11 is 5.82. The molecule has 2 aromatic rings. The maximum atomic E-state index is 12.4. The molecule has 8 heteroatoms. The van der Waals surface area contributed by atoms with E-state index in [1.807, 2.05) is 13.8 Å². The molecule has 0 unspecified atom stereocenters. The highest BCUT2D eigenvalue weighted by Gasteiger charge is 2.20. The molecule has 7 nitrogen and oxygen atoms in total. The number of hydrogen-bond donors (Lipinski definition) is 3. The van der Waals surface area contributed by atoms with Crippen molar-refractivity contribution in [3.63, 3.8) is 0 Å². The minimum absolute atomic E-state index is 0.0161. The van der Waals surface area contributed by atoms with Crippen LogP contribution in [0.15, 0.2) is 36.7 Å². The summed E-state index contributed by atoms with van der Waals surface area (Å²) in [5, 5.41) is 9.17. The molecule has 25 heavy (non-hydrogen) atoms. The Balaban J connectivity index is 2.09. The standard InChI is InChI=1S/C17H20ClN5O2/c1-3-19-11(2)10-22-16(24)14-15(21-9-8-20-14)17(25)23-13-6-4-12(18)5-7-13/h4-9,11,19H,3,10H2,1-2H3,(H,22,24)(H,23,25)/t11-/m1/s1. The lowest BCUT2D eigenvalue weighted by Gasteiger charge is -2.13. The molecule has 2 rings (SSSR count). The Morgan fingerprint density at radius 1 is 1.08 bits per heavy atom. The van der Waals surface area contributed by atoms with Gasteiger partial charge in [0.25, 0.3) is 11.8 Å². The topological polar surface area (TPSA) is 96.0 Å². The number of nitrogens with zero attached hydrogens (tertiary/aromatic N) is 2. The van der Waals surface area contributed by atoms with E-state index in [9.17, 15) is 9.59 Å². The summed E-state index contributed by atoms with van der Waals surface area (Å²) in [5.41, 5.74) is 0.496. The van der Waals surface area contributed by atoms with Gasteiger partial charge in [-0.3, -0.25) is 9.59 Å². The molecule has 1 atom stereocenters. The van der Waals surface area contributed by atoms with Crippen molar-refractivity contribution in [1.82, 2.24) is 20.6 Å². The molecule has 0 spiro atoms. The second-order valence-corrected chi connectivity index (χ2v) is 5.82. The van der Waals surface area contributed by atoms with E-state index in [0.717, 1.165) is 6.54 Å². The summed E-state index contributed by atoms with van der Waals surface area (Å²) in [6, 6.07) is 6.74. The minimum Gasteiger partial charge on any atom is -0.349 e. The van der Waals surface area contributed by atoms with Crippen LogP contribution in [0.4, 0.5) is 5.69 Å². The Kier molecular flexibility index (Phi) is 6.85. The fourth-order valence-electron chi connectivity index (χ4n) is 2.14. The Labute approximate surface area is 151 Å². The fraction of sp³-hybridized carbons (Fsp3) is 0.294. The average molecular weight is 362 g/mol. The fourth-order valence-corrected chi connectivity index (χ4v) is 2.27. The van der Waals surface area contributed by atoms with Gasteiger partial charge in [-0.2, -0.15) is 0 Å². The Hall–Kier alpha value is -2.51. The van der Waals surface area contributed by atoms with Crippen molar-refractivity contribution >= 4 is 29.1 Å². The van der Waals surface area contributed by atoms with Gasteiger partial charge in [-0.25, -0.2) is 9.97 Å². The number of likely N-dealkylation sites (N-methyl/N-ethyl adjacent to an activating group) is 1. The summed E-state index contributed by atoms with van der Waals surface area (Å²) in [4.78, 5) is 32.8. The highest BCUT2D eigenvalue weighted by Crippen LogP contribution is 2.14. The largest absolute Gasteiger partial charge is 0.349 e. The molecule has 0 radical (unpaired) electrons. The molecule has 1 aromatic carbocycles. The van der Waals surface area contributed by atoms with Crippen LogP contribution >= 0.6 is 11.6 Å². The second kappa shape index (κ2) is 9.10. The van der Waals surface area contributed by atoms with Crippen LogP contribution in [0.1, 0.15) is 34.8 Å². The zero-order valence-electron chi connectivity index (χ0n) is 14.0. The van der Waals surface area contributed by atoms with E-state index in [2.05, 4.69) is 25.9 Å². The van der Waals surface area contributed by atoms with E-state index in [-0.39, 0.29) is 17.4 Å². The monoisotopic (exact) mass is 361 g/mol. The van der Waals surface area contributed by atoms with Gasteiger partial charge in [-0.1, -0.05) is 18.5 Å². The van der Waals surface area contributed by atoms with Gasteiger partial charge >= 0.3 is 0 Å². The average Bonchev–Trinajstić information content (AvgIpc) is 2.62. The SMILES string of the molecule is CCN[C@H](C)CNC(=O)c1nccnc1C(=O)Nc1ccc(Cl)cc1. The first-order chi connectivity index (χ1) is 12.0. The van der Waals surface area contributed by atoms with Crippen molar-refractivity contribution in [2.75, 3.05) is 18.4 Å². The maximum Gasteiger partial charge on any atom is 0.276 e. The van der Waals surface area contributed by atoms with Crippen LogP contribution in [-0.2, 0) is 0 Å². The van der Waals surface area contributed by atoms with Crippen molar-refractivity contribution in [1.29, 1.82) is 0 Å². The molecule has 0 saturated heterocycles. The first-order valence-electron chi connectivity index (χ1n) is 7.90. The number of amides is 2. The van der Waals surface area contributed by atoms with Crippen molar-refractivity contribution in [2.24, 2.45) is 0 Å².